The molecule has 94 valence electrons. The summed E-state index contributed by atoms with van der Waals surface area (Å²) in [5.74, 6) is 0.0441. The molecule has 0 aliphatic rings. The van der Waals surface area contributed by atoms with E-state index >= 15 is 0 Å². The molecule has 0 aromatic heterocycles. The summed E-state index contributed by atoms with van der Waals surface area (Å²) in [6.07, 6.45) is -2.38. The number of methoxy groups -OCH3 is 1. The fourth-order valence-corrected chi connectivity index (χ4v) is 2.18. The minimum Gasteiger partial charge on any atom is -0.469 e. The van der Waals surface area contributed by atoms with Gasteiger partial charge in [-0.15, -0.1) is 11.8 Å². The number of carbonyl (C=O) groups is 1. The molecular weight excluding hydrogens is 248 g/mol. The Bertz CT molecular complexity index is 399. The highest BCUT2D eigenvalue weighted by molar-refractivity contribution is 7.99. The molecule has 2 N–H and O–H groups in total. The second-order valence-electron chi connectivity index (χ2n) is 3.27. The van der Waals surface area contributed by atoms with Gasteiger partial charge in [0.05, 0.1) is 13.5 Å². The molecule has 0 atom stereocenters. The maximum Gasteiger partial charge on any atom is 0.306 e. The Morgan fingerprint density at radius 3 is 2.82 bits per heavy atom. The summed E-state index contributed by atoms with van der Waals surface area (Å²) in [5.41, 5.74) is 5.65. The number of nitrogens with two attached hydrogens (primary N) is 1. The molecule has 1 rings (SSSR count). The maximum absolute atomic E-state index is 12.7. The summed E-state index contributed by atoms with van der Waals surface area (Å²) >= 11 is 1.19. The van der Waals surface area contributed by atoms with Crippen molar-refractivity contribution in [3.63, 3.8) is 0 Å². The Hall–Kier alpha value is -1.30. The molecule has 0 unspecified atom stereocenters. The number of ether oxygens (including phenoxy) is 1. The molecule has 0 radical (unpaired) electrons. The van der Waals surface area contributed by atoms with Gasteiger partial charge in [0, 0.05) is 21.9 Å². The van der Waals surface area contributed by atoms with Crippen LogP contribution in [0.2, 0.25) is 0 Å². The Labute approximate surface area is 102 Å². The molecule has 0 fully saturated rings. The van der Waals surface area contributed by atoms with E-state index in [1.807, 2.05) is 0 Å². The number of alkyl halides is 2. The van der Waals surface area contributed by atoms with Gasteiger partial charge in [-0.1, -0.05) is 0 Å². The Morgan fingerprint density at radius 2 is 2.24 bits per heavy atom. The highest BCUT2D eigenvalue weighted by Gasteiger charge is 2.14. The van der Waals surface area contributed by atoms with Gasteiger partial charge in [0.25, 0.3) is 6.43 Å². The molecule has 0 bridgehead atoms. The number of rotatable bonds is 5. The van der Waals surface area contributed by atoms with E-state index in [1.165, 1.54) is 24.9 Å². The number of anilines is 1. The largest absolute Gasteiger partial charge is 0.469 e. The summed E-state index contributed by atoms with van der Waals surface area (Å²) < 4.78 is 29.9. The Morgan fingerprint density at radius 1 is 1.53 bits per heavy atom. The predicted molar refractivity (Wildman–Crippen MR) is 63.2 cm³/mol. The molecule has 0 spiro atoms. The zero-order chi connectivity index (χ0) is 12.8. The molecule has 17 heavy (non-hydrogen) atoms. The molecule has 0 amide bonds. The lowest BCUT2D eigenvalue weighted by atomic mass is 10.2. The van der Waals surface area contributed by atoms with Crippen LogP contribution in [0, 0.1) is 0 Å². The van der Waals surface area contributed by atoms with Crippen molar-refractivity contribution in [1.82, 2.24) is 0 Å². The van der Waals surface area contributed by atoms with Crippen LogP contribution in [0.1, 0.15) is 18.4 Å². The van der Waals surface area contributed by atoms with Crippen LogP contribution < -0.4 is 5.73 Å². The number of halogens is 2. The van der Waals surface area contributed by atoms with Gasteiger partial charge >= 0.3 is 5.97 Å². The number of nitrogen functional groups attached to an aromatic ring is 1. The third-order valence-corrected chi connectivity index (χ3v) is 3.15. The average Bonchev–Trinajstić information content (AvgIpc) is 2.30. The third-order valence-electron chi connectivity index (χ3n) is 2.06. The molecule has 1 aromatic rings. The zero-order valence-corrected chi connectivity index (χ0v) is 10.1. The van der Waals surface area contributed by atoms with E-state index in [-0.39, 0.29) is 18.0 Å². The maximum atomic E-state index is 12.7. The Balaban J connectivity index is 2.67. The van der Waals surface area contributed by atoms with E-state index < -0.39 is 6.43 Å². The zero-order valence-electron chi connectivity index (χ0n) is 9.28. The van der Waals surface area contributed by atoms with E-state index in [0.29, 0.717) is 16.3 Å². The number of hydrogen-bond acceptors (Lipinski definition) is 4. The summed E-state index contributed by atoms with van der Waals surface area (Å²) in [7, 11) is 1.29. The third kappa shape index (κ3) is 4.22. The van der Waals surface area contributed by atoms with Crippen molar-refractivity contribution >= 4 is 23.4 Å². The van der Waals surface area contributed by atoms with Crippen molar-refractivity contribution in [2.75, 3.05) is 18.6 Å². The summed E-state index contributed by atoms with van der Waals surface area (Å²) in [4.78, 5) is 11.3. The van der Waals surface area contributed by atoms with Gasteiger partial charge < -0.3 is 10.5 Å². The molecule has 3 nitrogen and oxygen atoms in total. The number of hydrogen-bond donors (Lipinski definition) is 1. The lowest BCUT2D eigenvalue weighted by Crippen LogP contribution is -2.01. The second kappa shape index (κ2) is 6.44. The first-order chi connectivity index (χ1) is 8.04. The van der Waals surface area contributed by atoms with Crippen molar-refractivity contribution in [3.05, 3.63) is 23.8 Å². The number of benzene rings is 1. The van der Waals surface area contributed by atoms with E-state index in [4.69, 9.17) is 5.73 Å². The van der Waals surface area contributed by atoms with Crippen molar-refractivity contribution in [2.45, 2.75) is 17.7 Å². The van der Waals surface area contributed by atoms with E-state index in [0.717, 1.165) is 0 Å². The van der Waals surface area contributed by atoms with Crippen molar-refractivity contribution in [3.8, 4) is 0 Å². The predicted octanol–water partition coefficient (Wildman–Crippen LogP) is 2.86. The van der Waals surface area contributed by atoms with Gasteiger partial charge in [-0.25, -0.2) is 8.78 Å². The van der Waals surface area contributed by atoms with Gasteiger partial charge in [-0.2, -0.15) is 0 Å². The minimum atomic E-state index is -2.57. The quantitative estimate of drug-likeness (QED) is 0.503. The lowest BCUT2D eigenvalue weighted by Gasteiger charge is -2.09. The van der Waals surface area contributed by atoms with Crippen LogP contribution in [0.5, 0.6) is 0 Å². The number of carbonyl (C=O) groups excluding carboxylic acids is 1. The first-order valence-electron chi connectivity index (χ1n) is 4.91. The summed E-state index contributed by atoms with van der Waals surface area (Å²) in [6.45, 7) is 0. The van der Waals surface area contributed by atoms with Gasteiger partial charge in [-0.3, -0.25) is 4.79 Å². The Kier molecular flexibility index (Phi) is 5.21. The molecule has 6 heteroatoms. The smallest absolute Gasteiger partial charge is 0.306 e. The van der Waals surface area contributed by atoms with Crippen LogP contribution in [0.25, 0.3) is 0 Å². The van der Waals surface area contributed by atoms with Gasteiger partial charge in [0.1, 0.15) is 0 Å². The normalized spacial score (nSPS) is 10.6. The lowest BCUT2D eigenvalue weighted by molar-refractivity contribution is -0.140. The number of esters is 1. The summed E-state index contributed by atoms with van der Waals surface area (Å²) in [6, 6.07) is 4.36. The van der Waals surface area contributed by atoms with Crippen LogP contribution in [-0.4, -0.2) is 18.8 Å². The van der Waals surface area contributed by atoms with Crippen molar-refractivity contribution in [2.24, 2.45) is 0 Å². The van der Waals surface area contributed by atoms with Crippen molar-refractivity contribution < 1.29 is 18.3 Å². The van der Waals surface area contributed by atoms with Gasteiger partial charge in [-0.05, 0) is 18.2 Å². The molecular formula is C11H13F2NO2S. The molecule has 0 aliphatic carbocycles. The molecule has 0 saturated heterocycles. The monoisotopic (exact) mass is 261 g/mol. The topological polar surface area (TPSA) is 52.3 Å². The summed E-state index contributed by atoms with van der Waals surface area (Å²) in [5, 5.41) is 0. The second-order valence-corrected chi connectivity index (χ2v) is 4.41. The molecule has 0 aliphatic heterocycles. The van der Waals surface area contributed by atoms with Crippen LogP contribution >= 0.6 is 11.8 Å². The SMILES string of the molecule is COC(=O)CCSc1ccc(N)cc1C(F)F. The average molecular weight is 261 g/mol. The first-order valence-corrected chi connectivity index (χ1v) is 5.90. The van der Waals surface area contributed by atoms with Crippen LogP contribution in [-0.2, 0) is 9.53 Å². The fraction of sp³-hybridized carbons (Fsp3) is 0.364. The van der Waals surface area contributed by atoms with E-state index in [9.17, 15) is 13.6 Å². The molecule has 0 heterocycles. The van der Waals surface area contributed by atoms with Crippen LogP contribution in [0.3, 0.4) is 0 Å². The van der Waals surface area contributed by atoms with Crippen LogP contribution in [0.15, 0.2) is 23.1 Å². The molecule has 0 saturated carbocycles. The van der Waals surface area contributed by atoms with Crippen LogP contribution in [0.4, 0.5) is 14.5 Å². The van der Waals surface area contributed by atoms with Crippen molar-refractivity contribution in [1.29, 1.82) is 0 Å². The molecule has 1 aromatic carbocycles. The van der Waals surface area contributed by atoms with E-state index in [2.05, 4.69) is 4.74 Å². The standard InChI is InChI=1S/C11H13F2NO2S/c1-16-10(15)4-5-17-9-3-2-7(14)6-8(9)11(12)13/h2-3,6,11H,4-5,14H2,1H3. The highest BCUT2D eigenvalue weighted by atomic mass is 32.2. The minimum absolute atomic E-state index is 0.0973. The first kappa shape index (κ1) is 13.8. The number of thioether (sulfide) groups is 1. The van der Waals surface area contributed by atoms with Gasteiger partial charge in [0.2, 0.25) is 0 Å². The highest BCUT2D eigenvalue weighted by Crippen LogP contribution is 2.32. The fourth-order valence-electron chi connectivity index (χ4n) is 1.22. The van der Waals surface area contributed by atoms with E-state index in [1.54, 1.807) is 12.1 Å². The van der Waals surface area contributed by atoms with Gasteiger partial charge in [0.15, 0.2) is 0 Å².